The molecule has 2 aromatic carbocycles. The largest absolute Gasteiger partial charge is 0.495 e. The van der Waals surface area contributed by atoms with Crippen LogP contribution in [-0.4, -0.2) is 43.1 Å². The second kappa shape index (κ2) is 9.54. The molecule has 1 aliphatic rings. The fraction of sp³-hybridized carbons (Fsp3) is 0.333. The number of aryl methyl sites for hydroxylation is 2. The molecule has 7 heteroatoms. The van der Waals surface area contributed by atoms with Gasteiger partial charge < -0.3 is 14.8 Å². The van der Waals surface area contributed by atoms with E-state index >= 15 is 0 Å². The van der Waals surface area contributed by atoms with Gasteiger partial charge in [-0.3, -0.25) is 14.5 Å². The van der Waals surface area contributed by atoms with E-state index < -0.39 is 5.91 Å². The van der Waals surface area contributed by atoms with E-state index in [0.29, 0.717) is 27.6 Å². The number of carbonyl (C=O) groups is 2. The van der Waals surface area contributed by atoms with Gasteiger partial charge in [-0.1, -0.05) is 35.4 Å². The monoisotopic (exact) mass is 442 g/mol. The third-order valence-corrected chi connectivity index (χ3v) is 5.24. The molecular weight excluding hydrogens is 416 g/mol. The molecule has 0 spiro atoms. The summed E-state index contributed by atoms with van der Waals surface area (Å²) in [6, 6.07) is 10.8. The van der Waals surface area contributed by atoms with Crippen LogP contribution < -0.4 is 10.1 Å². The van der Waals surface area contributed by atoms with Crippen molar-refractivity contribution in [2.45, 2.75) is 33.8 Å². The summed E-state index contributed by atoms with van der Waals surface area (Å²) >= 11 is 6.16. The highest BCUT2D eigenvalue weighted by atomic mass is 35.5. The summed E-state index contributed by atoms with van der Waals surface area (Å²) in [6.07, 6.45) is 0.00731. The molecule has 0 saturated carbocycles. The molecule has 164 valence electrons. The van der Waals surface area contributed by atoms with E-state index in [-0.39, 0.29) is 30.9 Å². The molecule has 0 aliphatic carbocycles. The van der Waals surface area contributed by atoms with Gasteiger partial charge in [-0.05, 0) is 57.0 Å². The average Bonchev–Trinajstić information content (AvgIpc) is 2.92. The Kier molecular flexibility index (Phi) is 7.03. The number of hydrogen-bond donors (Lipinski definition) is 1. The highest BCUT2D eigenvalue weighted by molar-refractivity contribution is 6.37. The second-order valence-corrected chi connectivity index (χ2v) is 8.16. The predicted octanol–water partition coefficient (Wildman–Crippen LogP) is 4.58. The fourth-order valence-corrected chi connectivity index (χ4v) is 3.70. The number of nitrogens with zero attached hydrogens (tertiary/aromatic N) is 1. The normalized spacial score (nSPS) is 14.1. The molecule has 0 radical (unpaired) electrons. The quantitative estimate of drug-likeness (QED) is 0.606. The van der Waals surface area contributed by atoms with Crippen LogP contribution in [0.5, 0.6) is 5.75 Å². The average molecular weight is 443 g/mol. The number of amides is 2. The van der Waals surface area contributed by atoms with Crippen LogP contribution in [0.15, 0.2) is 42.1 Å². The molecule has 3 rings (SSSR count). The van der Waals surface area contributed by atoms with Gasteiger partial charge in [0.05, 0.1) is 37.6 Å². The number of carbonyl (C=O) groups excluding carboxylic acids is 2. The zero-order valence-corrected chi connectivity index (χ0v) is 19.2. The molecule has 0 unspecified atom stereocenters. The molecule has 1 N–H and O–H groups in total. The number of benzene rings is 2. The van der Waals surface area contributed by atoms with Crippen LogP contribution in [0.25, 0.3) is 5.57 Å². The molecular formula is C24H27ClN2O4. The molecule has 2 aromatic rings. The van der Waals surface area contributed by atoms with Crippen LogP contribution in [-0.2, 0) is 14.3 Å². The van der Waals surface area contributed by atoms with Gasteiger partial charge in [0, 0.05) is 5.02 Å². The van der Waals surface area contributed by atoms with Gasteiger partial charge in [-0.15, -0.1) is 0 Å². The molecule has 0 atom stereocenters. The predicted molar refractivity (Wildman–Crippen MR) is 122 cm³/mol. The Labute approximate surface area is 187 Å². The van der Waals surface area contributed by atoms with Crippen molar-refractivity contribution < 1.29 is 19.1 Å². The molecule has 31 heavy (non-hydrogen) atoms. The van der Waals surface area contributed by atoms with Crippen molar-refractivity contribution in [1.29, 1.82) is 0 Å². The zero-order valence-electron chi connectivity index (χ0n) is 18.4. The Morgan fingerprint density at radius 1 is 1.06 bits per heavy atom. The number of nitrogens with one attached hydrogen (secondary N) is 1. The van der Waals surface area contributed by atoms with E-state index in [0.717, 1.165) is 11.1 Å². The van der Waals surface area contributed by atoms with E-state index in [2.05, 4.69) is 5.32 Å². The van der Waals surface area contributed by atoms with Crippen molar-refractivity contribution in [3.8, 4) is 5.75 Å². The second-order valence-electron chi connectivity index (χ2n) is 7.72. The lowest BCUT2D eigenvalue weighted by atomic mass is 9.97. The van der Waals surface area contributed by atoms with Crippen molar-refractivity contribution in [2.75, 3.05) is 25.6 Å². The standard InChI is InChI=1S/C24H27ClN2O4/c1-14(2)31-11-10-27-23(28)21(18-8-6-15(3)12-16(18)4)22(24(27)29)26-19-13-17(25)7-9-20(19)30-5/h6-9,12-14,26H,10-11H2,1-5H3. The van der Waals surface area contributed by atoms with Crippen LogP contribution in [0.1, 0.15) is 30.5 Å². The van der Waals surface area contributed by atoms with Gasteiger partial charge in [-0.25, -0.2) is 0 Å². The van der Waals surface area contributed by atoms with Gasteiger partial charge in [0.25, 0.3) is 11.8 Å². The Balaban J connectivity index is 2.06. The first-order valence-electron chi connectivity index (χ1n) is 10.1. The van der Waals surface area contributed by atoms with Gasteiger partial charge in [0.15, 0.2) is 0 Å². The summed E-state index contributed by atoms with van der Waals surface area (Å²) in [5.41, 5.74) is 3.73. The van der Waals surface area contributed by atoms with Crippen molar-refractivity contribution in [3.05, 3.63) is 63.8 Å². The number of ether oxygens (including phenoxy) is 2. The Morgan fingerprint density at radius 2 is 1.81 bits per heavy atom. The summed E-state index contributed by atoms with van der Waals surface area (Å²) in [4.78, 5) is 27.9. The third-order valence-electron chi connectivity index (χ3n) is 5.01. The van der Waals surface area contributed by atoms with Crippen molar-refractivity contribution in [2.24, 2.45) is 0 Å². The first kappa shape index (κ1) is 22.8. The SMILES string of the molecule is COc1ccc(Cl)cc1NC1=C(c2ccc(C)cc2C)C(=O)N(CCOC(C)C)C1=O. The lowest BCUT2D eigenvalue weighted by Gasteiger charge is -2.17. The molecule has 1 heterocycles. The van der Waals surface area contributed by atoms with Gasteiger partial charge in [0.1, 0.15) is 11.4 Å². The van der Waals surface area contributed by atoms with Crippen LogP contribution in [0, 0.1) is 13.8 Å². The number of methoxy groups -OCH3 is 1. The minimum absolute atomic E-state index is 0.00731. The van der Waals surface area contributed by atoms with E-state index in [9.17, 15) is 9.59 Å². The molecule has 0 aromatic heterocycles. The molecule has 0 bridgehead atoms. The number of anilines is 1. The zero-order chi connectivity index (χ0) is 22.7. The van der Waals surface area contributed by atoms with Crippen LogP contribution >= 0.6 is 11.6 Å². The van der Waals surface area contributed by atoms with Crippen LogP contribution in [0.2, 0.25) is 5.02 Å². The topological polar surface area (TPSA) is 67.9 Å². The Bertz CT molecular complexity index is 1050. The number of imide groups is 1. The number of hydrogen-bond acceptors (Lipinski definition) is 5. The molecule has 1 aliphatic heterocycles. The maximum Gasteiger partial charge on any atom is 0.278 e. The maximum atomic E-state index is 13.3. The van der Waals surface area contributed by atoms with Crippen molar-refractivity contribution in [3.63, 3.8) is 0 Å². The third kappa shape index (κ3) is 4.92. The summed E-state index contributed by atoms with van der Waals surface area (Å²) in [6.45, 7) is 8.16. The van der Waals surface area contributed by atoms with Gasteiger partial charge >= 0.3 is 0 Å². The minimum Gasteiger partial charge on any atom is -0.495 e. The highest BCUT2D eigenvalue weighted by Gasteiger charge is 2.39. The number of halogens is 1. The maximum absolute atomic E-state index is 13.3. The lowest BCUT2D eigenvalue weighted by molar-refractivity contribution is -0.137. The van der Waals surface area contributed by atoms with E-state index in [4.69, 9.17) is 21.1 Å². The van der Waals surface area contributed by atoms with E-state index in [1.54, 1.807) is 18.2 Å². The minimum atomic E-state index is -0.408. The van der Waals surface area contributed by atoms with Gasteiger partial charge in [0.2, 0.25) is 0 Å². The molecule has 0 saturated heterocycles. The fourth-order valence-electron chi connectivity index (χ4n) is 3.53. The number of rotatable bonds is 8. The van der Waals surface area contributed by atoms with Crippen molar-refractivity contribution in [1.82, 2.24) is 4.90 Å². The smallest absolute Gasteiger partial charge is 0.278 e. The van der Waals surface area contributed by atoms with Gasteiger partial charge in [-0.2, -0.15) is 0 Å². The summed E-state index contributed by atoms with van der Waals surface area (Å²) in [7, 11) is 1.53. The Hall–Kier alpha value is -2.83. The van der Waals surface area contributed by atoms with E-state index in [1.165, 1.54) is 12.0 Å². The first-order valence-corrected chi connectivity index (χ1v) is 10.5. The molecule has 0 fully saturated rings. The van der Waals surface area contributed by atoms with Crippen LogP contribution in [0.3, 0.4) is 0 Å². The van der Waals surface area contributed by atoms with Crippen LogP contribution in [0.4, 0.5) is 5.69 Å². The summed E-state index contributed by atoms with van der Waals surface area (Å²) in [5.74, 6) is -0.249. The van der Waals surface area contributed by atoms with Crippen molar-refractivity contribution >= 4 is 34.7 Å². The van der Waals surface area contributed by atoms with E-state index in [1.807, 2.05) is 45.9 Å². The highest BCUT2D eigenvalue weighted by Crippen LogP contribution is 2.35. The lowest BCUT2D eigenvalue weighted by Crippen LogP contribution is -2.35. The summed E-state index contributed by atoms with van der Waals surface area (Å²) in [5, 5.41) is 3.60. The first-order chi connectivity index (χ1) is 14.7. The molecule has 6 nitrogen and oxygen atoms in total. The summed E-state index contributed by atoms with van der Waals surface area (Å²) < 4.78 is 11.0. The molecule has 2 amide bonds. The Morgan fingerprint density at radius 3 is 2.45 bits per heavy atom.